The van der Waals surface area contributed by atoms with Gasteiger partial charge in [0.25, 0.3) is 0 Å². The number of furan rings is 1. The van der Waals surface area contributed by atoms with Crippen LogP contribution in [0.1, 0.15) is 25.4 Å². The minimum atomic E-state index is 0.419. The number of nitriles is 1. The van der Waals surface area contributed by atoms with Crippen LogP contribution in [0.15, 0.2) is 22.1 Å². The number of nitrogens with zero attached hydrogens (tertiary/aromatic N) is 1. The highest BCUT2D eigenvalue weighted by Gasteiger charge is 2.05. The summed E-state index contributed by atoms with van der Waals surface area (Å²) in [4.78, 5) is 0. The Morgan fingerprint density at radius 2 is 2.31 bits per heavy atom. The first kappa shape index (κ1) is 9.40. The Morgan fingerprint density at radius 3 is 2.77 bits per heavy atom. The van der Waals surface area contributed by atoms with Gasteiger partial charge in [-0.3, -0.25) is 0 Å². The van der Waals surface area contributed by atoms with E-state index in [0.717, 1.165) is 12.2 Å². The number of hydrogen-bond donors (Lipinski definition) is 1. The summed E-state index contributed by atoms with van der Waals surface area (Å²) in [7, 11) is 0. The Balaban J connectivity index is 3.04. The molecule has 0 saturated heterocycles. The number of hydrogen-bond acceptors (Lipinski definition) is 3. The molecule has 68 valence electrons. The van der Waals surface area contributed by atoms with Crippen molar-refractivity contribution in [2.24, 2.45) is 5.73 Å². The zero-order valence-corrected chi connectivity index (χ0v) is 7.79. The van der Waals surface area contributed by atoms with Crippen molar-refractivity contribution in [1.82, 2.24) is 0 Å². The van der Waals surface area contributed by atoms with Gasteiger partial charge in [0, 0.05) is 6.42 Å². The summed E-state index contributed by atoms with van der Waals surface area (Å²) >= 11 is 0. The fourth-order valence-electron chi connectivity index (χ4n) is 0.958. The maximum atomic E-state index is 8.60. The maximum absolute atomic E-state index is 8.60. The average molecular weight is 176 g/mol. The van der Waals surface area contributed by atoms with Crippen LogP contribution in [-0.4, -0.2) is 0 Å². The van der Waals surface area contributed by atoms with Crippen molar-refractivity contribution in [3.8, 4) is 6.07 Å². The van der Waals surface area contributed by atoms with Crippen LogP contribution in [0.5, 0.6) is 0 Å². The number of rotatable bonds is 2. The lowest BCUT2D eigenvalue weighted by Crippen LogP contribution is -1.97. The lowest BCUT2D eigenvalue weighted by molar-refractivity contribution is 0.503. The summed E-state index contributed by atoms with van der Waals surface area (Å²) in [6.07, 6.45) is 0.832. The predicted octanol–water partition coefficient (Wildman–Crippen LogP) is 2.06. The lowest BCUT2D eigenvalue weighted by atomic mass is 10.2. The molecule has 3 nitrogen and oxygen atoms in total. The van der Waals surface area contributed by atoms with E-state index in [4.69, 9.17) is 15.4 Å². The van der Waals surface area contributed by atoms with Crippen molar-refractivity contribution in [2.45, 2.75) is 20.3 Å². The molecule has 1 aromatic heterocycles. The molecule has 0 aliphatic heterocycles. The Morgan fingerprint density at radius 1 is 1.62 bits per heavy atom. The van der Waals surface area contributed by atoms with Gasteiger partial charge in [-0.1, -0.05) is 6.92 Å². The van der Waals surface area contributed by atoms with E-state index in [1.165, 1.54) is 0 Å². The van der Waals surface area contributed by atoms with Crippen molar-refractivity contribution < 1.29 is 4.42 Å². The average Bonchev–Trinajstić information content (AvgIpc) is 2.63. The van der Waals surface area contributed by atoms with E-state index < -0.39 is 0 Å². The minimum absolute atomic E-state index is 0.419. The van der Waals surface area contributed by atoms with E-state index in [2.05, 4.69) is 0 Å². The quantitative estimate of drug-likeness (QED) is 0.701. The SMILES string of the molecule is CCc1ccc(/C(N)=C(/C)C#N)o1. The van der Waals surface area contributed by atoms with E-state index in [1.807, 2.05) is 19.1 Å². The normalized spacial score (nSPS) is 12.1. The standard InChI is InChI=1S/C10H12N2O/c1-3-8-4-5-9(13-8)10(12)7(2)6-11/h4-5H,3,12H2,1-2H3/b10-7+. The summed E-state index contributed by atoms with van der Waals surface area (Å²) in [6, 6.07) is 5.64. The summed E-state index contributed by atoms with van der Waals surface area (Å²) < 4.78 is 5.38. The van der Waals surface area contributed by atoms with Gasteiger partial charge in [0.1, 0.15) is 5.76 Å². The lowest BCUT2D eigenvalue weighted by Gasteiger charge is -1.96. The van der Waals surface area contributed by atoms with Crippen LogP contribution in [0, 0.1) is 11.3 Å². The Kier molecular flexibility index (Phi) is 2.76. The van der Waals surface area contributed by atoms with Crippen LogP contribution in [0.4, 0.5) is 0 Å². The highest BCUT2D eigenvalue weighted by Crippen LogP contribution is 2.16. The molecule has 0 spiro atoms. The third kappa shape index (κ3) is 1.91. The van der Waals surface area contributed by atoms with Gasteiger partial charge in [-0.05, 0) is 19.1 Å². The molecule has 13 heavy (non-hydrogen) atoms. The third-order valence-electron chi connectivity index (χ3n) is 1.85. The Hall–Kier alpha value is -1.69. The van der Waals surface area contributed by atoms with Crippen molar-refractivity contribution in [1.29, 1.82) is 5.26 Å². The molecule has 0 unspecified atom stereocenters. The molecule has 0 fully saturated rings. The molecule has 0 aliphatic rings. The molecule has 0 atom stereocenters. The molecular weight excluding hydrogens is 164 g/mol. The van der Waals surface area contributed by atoms with Gasteiger partial charge >= 0.3 is 0 Å². The smallest absolute Gasteiger partial charge is 0.150 e. The van der Waals surface area contributed by atoms with E-state index in [1.54, 1.807) is 13.0 Å². The first-order valence-corrected chi connectivity index (χ1v) is 4.14. The van der Waals surface area contributed by atoms with Gasteiger partial charge < -0.3 is 10.2 Å². The number of nitrogens with two attached hydrogens (primary N) is 1. The van der Waals surface area contributed by atoms with Gasteiger partial charge in [-0.2, -0.15) is 5.26 Å². The van der Waals surface area contributed by atoms with Crippen LogP contribution in [0.25, 0.3) is 5.70 Å². The second kappa shape index (κ2) is 3.81. The molecule has 2 N–H and O–H groups in total. The molecule has 3 heteroatoms. The Labute approximate surface area is 77.5 Å². The van der Waals surface area contributed by atoms with Crippen molar-refractivity contribution in [2.75, 3.05) is 0 Å². The molecule has 0 radical (unpaired) electrons. The van der Waals surface area contributed by atoms with E-state index in [0.29, 0.717) is 17.0 Å². The van der Waals surface area contributed by atoms with Crippen LogP contribution in [0.2, 0.25) is 0 Å². The highest BCUT2D eigenvalue weighted by atomic mass is 16.3. The van der Waals surface area contributed by atoms with Crippen molar-refractivity contribution in [3.05, 3.63) is 29.2 Å². The summed E-state index contributed by atoms with van der Waals surface area (Å²) in [5.41, 5.74) is 6.58. The van der Waals surface area contributed by atoms with E-state index >= 15 is 0 Å². The second-order valence-corrected chi connectivity index (χ2v) is 2.77. The molecule has 1 aromatic rings. The molecule has 0 aromatic carbocycles. The third-order valence-corrected chi connectivity index (χ3v) is 1.85. The monoisotopic (exact) mass is 176 g/mol. The van der Waals surface area contributed by atoms with Crippen LogP contribution < -0.4 is 5.73 Å². The molecule has 1 heterocycles. The Bertz CT molecular complexity index is 369. The minimum Gasteiger partial charge on any atom is -0.460 e. The fourth-order valence-corrected chi connectivity index (χ4v) is 0.958. The molecular formula is C10H12N2O. The zero-order chi connectivity index (χ0) is 9.84. The van der Waals surface area contributed by atoms with Gasteiger partial charge in [-0.15, -0.1) is 0 Å². The summed E-state index contributed by atoms with van der Waals surface area (Å²) in [5.74, 6) is 1.46. The summed E-state index contributed by atoms with van der Waals surface area (Å²) in [6.45, 7) is 3.67. The van der Waals surface area contributed by atoms with Crippen LogP contribution in [-0.2, 0) is 6.42 Å². The second-order valence-electron chi connectivity index (χ2n) is 2.77. The van der Waals surface area contributed by atoms with Gasteiger partial charge in [-0.25, -0.2) is 0 Å². The molecule has 0 bridgehead atoms. The largest absolute Gasteiger partial charge is 0.460 e. The molecule has 0 saturated carbocycles. The van der Waals surface area contributed by atoms with Crippen LogP contribution in [0.3, 0.4) is 0 Å². The summed E-state index contributed by atoms with van der Waals surface area (Å²) in [5, 5.41) is 8.60. The van der Waals surface area contributed by atoms with E-state index in [-0.39, 0.29) is 0 Å². The van der Waals surface area contributed by atoms with Crippen molar-refractivity contribution >= 4 is 5.70 Å². The topological polar surface area (TPSA) is 63.0 Å². The van der Waals surface area contributed by atoms with Gasteiger partial charge in [0.05, 0.1) is 17.3 Å². The first-order chi connectivity index (χ1) is 6.19. The first-order valence-electron chi connectivity index (χ1n) is 4.14. The number of allylic oxidation sites excluding steroid dienone is 1. The molecule has 0 amide bonds. The van der Waals surface area contributed by atoms with Gasteiger partial charge in [0.15, 0.2) is 5.76 Å². The van der Waals surface area contributed by atoms with Gasteiger partial charge in [0.2, 0.25) is 0 Å². The molecule has 1 rings (SSSR count). The van der Waals surface area contributed by atoms with Crippen LogP contribution >= 0.6 is 0 Å². The zero-order valence-electron chi connectivity index (χ0n) is 7.79. The predicted molar refractivity (Wildman–Crippen MR) is 50.5 cm³/mol. The van der Waals surface area contributed by atoms with E-state index in [9.17, 15) is 0 Å². The molecule has 0 aliphatic carbocycles. The number of aryl methyl sites for hydroxylation is 1. The highest BCUT2D eigenvalue weighted by molar-refractivity contribution is 5.64. The van der Waals surface area contributed by atoms with Crippen molar-refractivity contribution in [3.63, 3.8) is 0 Å². The fraction of sp³-hybridized carbons (Fsp3) is 0.300. The maximum Gasteiger partial charge on any atom is 0.150 e.